The second-order valence-electron chi connectivity index (χ2n) is 5.34. The molecule has 1 amide bonds. The number of carbonyl (C=O) groups is 1. The predicted molar refractivity (Wildman–Crippen MR) is 83.3 cm³/mol. The second kappa shape index (κ2) is 5.93. The summed E-state index contributed by atoms with van der Waals surface area (Å²) in [6, 6.07) is 6.39. The van der Waals surface area contributed by atoms with Crippen molar-refractivity contribution >= 4 is 16.9 Å². The molecule has 0 aliphatic rings. The number of aromatic nitrogens is 4. The predicted octanol–water partition coefficient (Wildman–Crippen LogP) is 2.34. The summed E-state index contributed by atoms with van der Waals surface area (Å²) in [5, 5.41) is 2.83. The fourth-order valence-corrected chi connectivity index (χ4v) is 2.29. The van der Waals surface area contributed by atoms with Crippen LogP contribution in [0.5, 0.6) is 0 Å². The van der Waals surface area contributed by atoms with Gasteiger partial charge in [0.15, 0.2) is 0 Å². The molecular formula is C16H17N5O. The number of amides is 1. The van der Waals surface area contributed by atoms with Crippen LogP contribution < -0.4 is 5.32 Å². The van der Waals surface area contributed by atoms with Gasteiger partial charge in [-0.05, 0) is 31.5 Å². The minimum Gasteiger partial charge on any atom is -0.347 e. The van der Waals surface area contributed by atoms with E-state index in [2.05, 4.69) is 38.7 Å². The molecule has 0 fully saturated rings. The SMILES string of the molecule is CC(C)n1cnc2cc(CNC(=O)c3cnccn3)ccc21. The minimum atomic E-state index is -0.235. The van der Waals surface area contributed by atoms with Gasteiger partial charge in [0.2, 0.25) is 0 Å². The maximum Gasteiger partial charge on any atom is 0.271 e. The molecule has 0 radical (unpaired) electrons. The molecule has 0 bridgehead atoms. The second-order valence-corrected chi connectivity index (χ2v) is 5.34. The van der Waals surface area contributed by atoms with Gasteiger partial charge in [0, 0.05) is 25.0 Å². The molecule has 0 unspecified atom stereocenters. The topological polar surface area (TPSA) is 72.7 Å². The maximum atomic E-state index is 11.9. The summed E-state index contributed by atoms with van der Waals surface area (Å²) in [5.41, 5.74) is 3.34. The van der Waals surface area contributed by atoms with E-state index < -0.39 is 0 Å². The lowest BCUT2D eigenvalue weighted by molar-refractivity contribution is 0.0945. The summed E-state index contributed by atoms with van der Waals surface area (Å²) in [5.74, 6) is -0.235. The van der Waals surface area contributed by atoms with E-state index in [1.54, 1.807) is 0 Å². The molecule has 3 aromatic rings. The molecule has 1 N–H and O–H groups in total. The van der Waals surface area contributed by atoms with Crippen LogP contribution in [0, 0.1) is 0 Å². The van der Waals surface area contributed by atoms with Crippen LogP contribution in [-0.2, 0) is 6.54 Å². The van der Waals surface area contributed by atoms with Crippen molar-refractivity contribution in [3.8, 4) is 0 Å². The van der Waals surface area contributed by atoms with Crippen molar-refractivity contribution in [1.29, 1.82) is 0 Å². The van der Waals surface area contributed by atoms with E-state index in [1.807, 2.05) is 24.5 Å². The van der Waals surface area contributed by atoms with Gasteiger partial charge in [0.05, 0.1) is 23.6 Å². The Kier molecular flexibility index (Phi) is 3.82. The molecule has 0 saturated carbocycles. The Labute approximate surface area is 128 Å². The van der Waals surface area contributed by atoms with Crippen LogP contribution in [0.15, 0.2) is 43.1 Å². The first-order valence-electron chi connectivity index (χ1n) is 7.15. The highest BCUT2D eigenvalue weighted by molar-refractivity contribution is 5.91. The van der Waals surface area contributed by atoms with Crippen LogP contribution in [0.4, 0.5) is 0 Å². The van der Waals surface area contributed by atoms with Crippen LogP contribution in [0.3, 0.4) is 0 Å². The van der Waals surface area contributed by atoms with Crippen molar-refractivity contribution in [1.82, 2.24) is 24.8 Å². The molecule has 0 atom stereocenters. The summed E-state index contributed by atoms with van der Waals surface area (Å²) >= 11 is 0. The number of carbonyl (C=O) groups excluding carboxylic acids is 1. The zero-order valence-electron chi connectivity index (χ0n) is 12.5. The number of benzene rings is 1. The molecule has 2 heterocycles. The van der Waals surface area contributed by atoms with Crippen LogP contribution in [0.25, 0.3) is 11.0 Å². The van der Waals surface area contributed by atoms with E-state index in [-0.39, 0.29) is 5.91 Å². The van der Waals surface area contributed by atoms with Crippen LogP contribution in [-0.4, -0.2) is 25.4 Å². The smallest absolute Gasteiger partial charge is 0.271 e. The maximum absolute atomic E-state index is 11.9. The number of nitrogens with one attached hydrogen (secondary N) is 1. The number of nitrogens with zero attached hydrogens (tertiary/aromatic N) is 4. The first-order chi connectivity index (χ1) is 10.6. The molecule has 0 aliphatic heterocycles. The quantitative estimate of drug-likeness (QED) is 0.802. The third-order valence-electron chi connectivity index (χ3n) is 3.44. The monoisotopic (exact) mass is 295 g/mol. The fourth-order valence-electron chi connectivity index (χ4n) is 2.29. The van der Waals surface area contributed by atoms with E-state index in [1.165, 1.54) is 18.6 Å². The molecule has 1 aromatic carbocycles. The fraction of sp³-hybridized carbons (Fsp3) is 0.250. The summed E-state index contributed by atoms with van der Waals surface area (Å²) in [7, 11) is 0. The third-order valence-corrected chi connectivity index (χ3v) is 3.44. The molecule has 0 spiro atoms. The largest absolute Gasteiger partial charge is 0.347 e. The standard InChI is InChI=1S/C16H17N5O/c1-11(2)21-10-20-13-7-12(3-4-15(13)21)8-19-16(22)14-9-17-5-6-18-14/h3-7,9-11H,8H2,1-2H3,(H,19,22). The Bertz CT molecular complexity index is 795. The summed E-state index contributed by atoms with van der Waals surface area (Å²) < 4.78 is 2.12. The zero-order chi connectivity index (χ0) is 15.5. The Morgan fingerprint density at radius 1 is 1.27 bits per heavy atom. The van der Waals surface area contributed by atoms with Gasteiger partial charge >= 0.3 is 0 Å². The molecular weight excluding hydrogens is 278 g/mol. The van der Waals surface area contributed by atoms with Crippen molar-refractivity contribution in [3.63, 3.8) is 0 Å². The van der Waals surface area contributed by atoms with Crippen molar-refractivity contribution in [2.45, 2.75) is 26.4 Å². The van der Waals surface area contributed by atoms with Gasteiger partial charge in [-0.15, -0.1) is 0 Å². The van der Waals surface area contributed by atoms with Gasteiger partial charge < -0.3 is 9.88 Å². The number of imidazole rings is 1. The molecule has 2 aromatic heterocycles. The van der Waals surface area contributed by atoms with Crippen LogP contribution in [0.2, 0.25) is 0 Å². The summed E-state index contributed by atoms with van der Waals surface area (Å²) in [4.78, 5) is 24.2. The minimum absolute atomic E-state index is 0.235. The number of fused-ring (bicyclic) bond motifs is 1. The van der Waals surface area contributed by atoms with Gasteiger partial charge in [-0.3, -0.25) is 9.78 Å². The Balaban J connectivity index is 1.73. The highest BCUT2D eigenvalue weighted by atomic mass is 16.1. The zero-order valence-corrected chi connectivity index (χ0v) is 12.5. The number of hydrogen-bond donors (Lipinski definition) is 1. The van der Waals surface area contributed by atoms with Crippen molar-refractivity contribution < 1.29 is 4.79 Å². The molecule has 6 nitrogen and oxygen atoms in total. The first-order valence-corrected chi connectivity index (χ1v) is 7.15. The van der Waals surface area contributed by atoms with Gasteiger partial charge in [0.25, 0.3) is 5.91 Å². The van der Waals surface area contributed by atoms with E-state index in [9.17, 15) is 4.79 Å². The molecule has 0 aliphatic carbocycles. The Morgan fingerprint density at radius 2 is 2.14 bits per heavy atom. The van der Waals surface area contributed by atoms with Gasteiger partial charge in [-0.25, -0.2) is 9.97 Å². The van der Waals surface area contributed by atoms with E-state index in [4.69, 9.17) is 0 Å². The first kappa shape index (κ1) is 14.2. The molecule has 22 heavy (non-hydrogen) atoms. The summed E-state index contributed by atoms with van der Waals surface area (Å²) in [6.07, 6.45) is 6.33. The van der Waals surface area contributed by atoms with Crippen LogP contribution in [0.1, 0.15) is 35.9 Å². The van der Waals surface area contributed by atoms with E-state index in [0.29, 0.717) is 18.3 Å². The molecule has 0 saturated heterocycles. The van der Waals surface area contributed by atoms with Crippen LogP contribution >= 0.6 is 0 Å². The van der Waals surface area contributed by atoms with E-state index in [0.717, 1.165) is 16.6 Å². The van der Waals surface area contributed by atoms with Crippen molar-refractivity contribution in [3.05, 3.63) is 54.4 Å². The number of rotatable bonds is 4. The van der Waals surface area contributed by atoms with Gasteiger partial charge in [-0.2, -0.15) is 0 Å². The van der Waals surface area contributed by atoms with Crippen molar-refractivity contribution in [2.75, 3.05) is 0 Å². The highest BCUT2D eigenvalue weighted by Crippen LogP contribution is 2.18. The lowest BCUT2D eigenvalue weighted by Crippen LogP contribution is -2.23. The van der Waals surface area contributed by atoms with Gasteiger partial charge in [-0.1, -0.05) is 6.07 Å². The Morgan fingerprint density at radius 3 is 2.86 bits per heavy atom. The van der Waals surface area contributed by atoms with Gasteiger partial charge in [0.1, 0.15) is 5.69 Å². The van der Waals surface area contributed by atoms with Crippen molar-refractivity contribution in [2.24, 2.45) is 0 Å². The number of hydrogen-bond acceptors (Lipinski definition) is 4. The lowest BCUT2D eigenvalue weighted by Gasteiger charge is -2.08. The highest BCUT2D eigenvalue weighted by Gasteiger charge is 2.08. The molecule has 112 valence electrons. The summed E-state index contributed by atoms with van der Waals surface area (Å²) in [6.45, 7) is 4.67. The molecule has 6 heteroatoms. The molecule has 3 rings (SSSR count). The van der Waals surface area contributed by atoms with E-state index >= 15 is 0 Å². The average Bonchev–Trinajstić information content (AvgIpc) is 2.96. The average molecular weight is 295 g/mol. The lowest BCUT2D eigenvalue weighted by atomic mass is 10.2. The normalized spacial score (nSPS) is 11.0. The third kappa shape index (κ3) is 2.81. The Hall–Kier alpha value is -2.76.